The van der Waals surface area contributed by atoms with Crippen LogP contribution in [0.3, 0.4) is 0 Å². The van der Waals surface area contributed by atoms with Crippen molar-refractivity contribution in [3.05, 3.63) is 70.5 Å². The van der Waals surface area contributed by atoms with Crippen molar-refractivity contribution >= 4 is 23.3 Å². The highest BCUT2D eigenvalue weighted by molar-refractivity contribution is 6.31. The van der Waals surface area contributed by atoms with Crippen molar-refractivity contribution in [2.24, 2.45) is 4.99 Å². The zero-order chi connectivity index (χ0) is 20.7. The van der Waals surface area contributed by atoms with Gasteiger partial charge < -0.3 is 4.74 Å². The first kappa shape index (κ1) is 18.9. The Hall–Kier alpha value is -3.06. The summed E-state index contributed by atoms with van der Waals surface area (Å²) in [5.41, 5.74) is 3.29. The second-order valence-electron chi connectivity index (χ2n) is 7.51. The fourth-order valence-corrected chi connectivity index (χ4v) is 3.98. The number of nitrogens with zero attached hydrogens (tertiary/aromatic N) is 5. The third-order valence-electron chi connectivity index (χ3n) is 5.45. The standard InChI is InChI=1S/C22H20ClN5O2/c1-30-19(29)10-8-17-22-27-26-21(13-5-6-13)28(22)18-9-7-14(23)12-15(18)20(25-17)16-4-2-3-11-24-16/h2-4,7,9,11-13,17H,5-6,8,10H2,1H3/t17-/m0/s1. The molecule has 1 fully saturated rings. The van der Waals surface area contributed by atoms with Crippen LogP contribution in [0.1, 0.15) is 60.5 Å². The van der Waals surface area contributed by atoms with Crippen LogP contribution in [0, 0.1) is 0 Å². The maximum atomic E-state index is 11.8. The predicted octanol–water partition coefficient (Wildman–Crippen LogP) is 4.04. The lowest BCUT2D eigenvalue weighted by Crippen LogP contribution is -2.10. The molecule has 152 valence electrons. The minimum Gasteiger partial charge on any atom is -0.469 e. The molecule has 1 aliphatic carbocycles. The lowest BCUT2D eigenvalue weighted by atomic mass is 10.0. The molecule has 1 atom stereocenters. The molecule has 3 heterocycles. The topological polar surface area (TPSA) is 82.3 Å². The Morgan fingerprint density at radius 1 is 1.20 bits per heavy atom. The number of aromatic nitrogens is 4. The summed E-state index contributed by atoms with van der Waals surface area (Å²) in [5.74, 6) is 1.79. The first-order valence-corrected chi connectivity index (χ1v) is 10.3. The number of esters is 1. The zero-order valence-electron chi connectivity index (χ0n) is 16.5. The van der Waals surface area contributed by atoms with E-state index in [0.717, 1.165) is 47.1 Å². The van der Waals surface area contributed by atoms with E-state index in [1.54, 1.807) is 6.20 Å². The van der Waals surface area contributed by atoms with Gasteiger partial charge in [-0.25, -0.2) is 0 Å². The minimum atomic E-state index is -0.354. The number of hydrogen-bond donors (Lipinski definition) is 0. The lowest BCUT2D eigenvalue weighted by Gasteiger charge is -2.14. The molecule has 30 heavy (non-hydrogen) atoms. The first-order chi connectivity index (χ1) is 14.7. The molecule has 0 amide bonds. The number of fused-ring (bicyclic) bond motifs is 3. The van der Waals surface area contributed by atoms with Gasteiger partial charge in [-0.3, -0.25) is 19.3 Å². The quantitative estimate of drug-likeness (QED) is 0.580. The van der Waals surface area contributed by atoms with E-state index in [1.165, 1.54) is 7.11 Å². The lowest BCUT2D eigenvalue weighted by molar-refractivity contribution is -0.140. The normalized spacial score (nSPS) is 17.5. The molecule has 2 aliphatic rings. The third kappa shape index (κ3) is 3.39. The summed E-state index contributed by atoms with van der Waals surface area (Å²) in [6.07, 6.45) is 4.65. The number of ether oxygens (including phenoxy) is 1. The summed E-state index contributed by atoms with van der Waals surface area (Å²) in [6.45, 7) is 0. The second kappa shape index (κ2) is 7.65. The highest BCUT2D eigenvalue weighted by Gasteiger charge is 2.35. The Kier molecular flexibility index (Phi) is 4.83. The molecule has 8 heteroatoms. The van der Waals surface area contributed by atoms with Crippen molar-refractivity contribution in [2.45, 2.75) is 37.6 Å². The zero-order valence-corrected chi connectivity index (χ0v) is 17.2. The third-order valence-corrected chi connectivity index (χ3v) is 5.69. The summed E-state index contributed by atoms with van der Waals surface area (Å²) in [4.78, 5) is 21.4. The number of carbonyl (C=O) groups excluding carboxylic acids is 1. The summed E-state index contributed by atoms with van der Waals surface area (Å²) in [7, 11) is 1.39. The van der Waals surface area contributed by atoms with Gasteiger partial charge in [0.05, 0.1) is 24.2 Å². The van der Waals surface area contributed by atoms with E-state index in [0.29, 0.717) is 17.4 Å². The van der Waals surface area contributed by atoms with E-state index < -0.39 is 0 Å². The van der Waals surface area contributed by atoms with Gasteiger partial charge in [0.1, 0.15) is 11.9 Å². The maximum Gasteiger partial charge on any atom is 0.305 e. The average Bonchev–Trinajstić information content (AvgIpc) is 3.55. The fraction of sp³-hybridized carbons (Fsp3) is 0.318. The number of benzene rings is 1. The van der Waals surface area contributed by atoms with E-state index in [9.17, 15) is 4.79 Å². The number of carbonyl (C=O) groups is 1. The molecule has 1 saturated carbocycles. The molecule has 0 spiro atoms. The van der Waals surface area contributed by atoms with Gasteiger partial charge in [0.2, 0.25) is 0 Å². The van der Waals surface area contributed by atoms with Gasteiger partial charge in [0.25, 0.3) is 0 Å². The molecule has 0 saturated heterocycles. The van der Waals surface area contributed by atoms with E-state index >= 15 is 0 Å². The molecule has 1 aromatic carbocycles. The number of aliphatic imine (C=N–C) groups is 1. The Bertz CT molecular complexity index is 1140. The van der Waals surface area contributed by atoms with E-state index in [1.807, 2.05) is 36.4 Å². The largest absolute Gasteiger partial charge is 0.469 e. The van der Waals surface area contributed by atoms with Gasteiger partial charge in [-0.2, -0.15) is 0 Å². The Morgan fingerprint density at radius 2 is 2.03 bits per heavy atom. The monoisotopic (exact) mass is 421 g/mol. The van der Waals surface area contributed by atoms with Gasteiger partial charge in [-0.05, 0) is 49.6 Å². The van der Waals surface area contributed by atoms with Crippen molar-refractivity contribution in [1.82, 2.24) is 19.7 Å². The van der Waals surface area contributed by atoms with Crippen molar-refractivity contribution in [3.63, 3.8) is 0 Å². The van der Waals surface area contributed by atoms with Crippen LogP contribution in [0.2, 0.25) is 5.02 Å². The van der Waals surface area contributed by atoms with Gasteiger partial charge >= 0.3 is 5.97 Å². The number of methoxy groups -OCH3 is 1. The summed E-state index contributed by atoms with van der Waals surface area (Å²) in [5, 5.41) is 9.63. The Morgan fingerprint density at radius 3 is 2.77 bits per heavy atom. The number of rotatable bonds is 5. The van der Waals surface area contributed by atoms with Crippen molar-refractivity contribution in [3.8, 4) is 5.69 Å². The highest BCUT2D eigenvalue weighted by atomic mass is 35.5. The fourth-order valence-electron chi connectivity index (χ4n) is 3.81. The van der Waals surface area contributed by atoms with Gasteiger partial charge in [0, 0.05) is 29.1 Å². The second-order valence-corrected chi connectivity index (χ2v) is 7.95. The molecular formula is C22H20ClN5O2. The van der Waals surface area contributed by atoms with Crippen LogP contribution >= 0.6 is 11.6 Å². The summed E-state index contributed by atoms with van der Waals surface area (Å²) >= 11 is 6.38. The first-order valence-electron chi connectivity index (χ1n) is 9.97. The maximum absolute atomic E-state index is 11.8. The molecular weight excluding hydrogens is 402 g/mol. The van der Waals surface area contributed by atoms with Crippen molar-refractivity contribution in [1.29, 1.82) is 0 Å². The molecule has 7 nitrogen and oxygen atoms in total. The number of halogens is 1. The SMILES string of the molecule is COC(=O)CC[C@@H]1N=C(c2ccccn2)c2cc(Cl)ccc2-n2c(C3CC3)nnc21. The van der Waals surface area contributed by atoms with Crippen LogP contribution in [-0.4, -0.2) is 38.5 Å². The number of pyridine rings is 1. The van der Waals surface area contributed by atoms with Crippen molar-refractivity contribution in [2.75, 3.05) is 7.11 Å². The van der Waals surface area contributed by atoms with E-state index in [2.05, 4.69) is 19.7 Å². The van der Waals surface area contributed by atoms with Crippen LogP contribution < -0.4 is 0 Å². The van der Waals surface area contributed by atoms with E-state index in [4.69, 9.17) is 21.3 Å². The van der Waals surface area contributed by atoms with Crippen molar-refractivity contribution < 1.29 is 9.53 Å². The molecule has 2 aromatic heterocycles. The molecule has 0 unspecified atom stereocenters. The molecule has 0 N–H and O–H groups in total. The summed E-state index contributed by atoms with van der Waals surface area (Å²) in [6, 6.07) is 11.1. The predicted molar refractivity (Wildman–Crippen MR) is 112 cm³/mol. The molecule has 0 radical (unpaired) electrons. The molecule has 5 rings (SSSR count). The Labute approximate surface area is 178 Å². The van der Waals surface area contributed by atoms with Crippen LogP contribution in [0.25, 0.3) is 5.69 Å². The smallest absolute Gasteiger partial charge is 0.305 e. The van der Waals surface area contributed by atoms with Gasteiger partial charge in [-0.1, -0.05) is 17.7 Å². The molecule has 0 bridgehead atoms. The van der Waals surface area contributed by atoms with Crippen LogP contribution in [0.15, 0.2) is 47.6 Å². The van der Waals surface area contributed by atoms with Gasteiger partial charge in [0.15, 0.2) is 5.82 Å². The van der Waals surface area contributed by atoms with E-state index in [-0.39, 0.29) is 18.4 Å². The number of hydrogen-bond acceptors (Lipinski definition) is 6. The van der Waals surface area contributed by atoms with Crippen LogP contribution in [0.4, 0.5) is 0 Å². The summed E-state index contributed by atoms with van der Waals surface area (Å²) < 4.78 is 6.94. The minimum absolute atomic E-state index is 0.239. The Balaban J connectivity index is 1.72. The van der Waals surface area contributed by atoms with Crippen LogP contribution in [-0.2, 0) is 9.53 Å². The highest BCUT2D eigenvalue weighted by Crippen LogP contribution is 2.43. The molecule has 3 aromatic rings. The molecule has 1 aliphatic heterocycles. The van der Waals surface area contributed by atoms with Gasteiger partial charge in [-0.15, -0.1) is 10.2 Å². The average molecular weight is 422 g/mol. The van der Waals surface area contributed by atoms with Crippen LogP contribution in [0.5, 0.6) is 0 Å².